The molecule has 1 aliphatic carbocycles. The lowest BCUT2D eigenvalue weighted by Crippen LogP contribution is -2.19. The Labute approximate surface area is 242 Å². The average molecular weight is 587 g/mol. The monoisotopic (exact) mass is 586 g/mol. The third-order valence-electron chi connectivity index (χ3n) is 6.25. The van der Waals surface area contributed by atoms with Crippen LogP contribution in [0, 0.1) is 0 Å². The van der Waals surface area contributed by atoms with E-state index in [1.807, 2.05) is 18.4 Å². The van der Waals surface area contributed by atoms with E-state index in [0.717, 1.165) is 36.1 Å². The maximum Gasteiger partial charge on any atom is 0.341 e. The lowest BCUT2D eigenvalue weighted by Gasteiger charge is -2.14. The number of allylic oxidation sites excluding steroid dienone is 1. The molecule has 2 heterocycles. The fraction of sp³-hybridized carbons (Fsp3) is 0.429. The first-order valence-corrected chi connectivity index (χ1v) is 14.7. The van der Waals surface area contributed by atoms with Crippen LogP contribution < -0.4 is 19.5 Å². The Bertz CT molecular complexity index is 1370. The van der Waals surface area contributed by atoms with E-state index in [1.54, 1.807) is 39.5 Å². The number of aromatic nitrogens is 3. The summed E-state index contributed by atoms with van der Waals surface area (Å²) >= 11 is 2.72. The van der Waals surface area contributed by atoms with Gasteiger partial charge in [-0.2, -0.15) is 0 Å². The number of nitrogens with zero attached hydrogens (tertiary/aromatic N) is 3. The summed E-state index contributed by atoms with van der Waals surface area (Å²) in [6, 6.07) is 3.59. The molecule has 0 saturated carbocycles. The summed E-state index contributed by atoms with van der Waals surface area (Å²) in [5.41, 5.74) is 2.20. The fourth-order valence-electron chi connectivity index (χ4n) is 4.55. The fourth-order valence-corrected chi connectivity index (χ4v) is 6.59. The van der Waals surface area contributed by atoms with Crippen LogP contribution >= 0.6 is 23.1 Å². The minimum absolute atomic E-state index is 0.0752. The number of anilines is 1. The van der Waals surface area contributed by atoms with Crippen LogP contribution in [-0.2, 0) is 28.9 Å². The molecule has 0 atom stereocenters. The number of hydrogen-bond donors (Lipinski definition) is 1. The topological polar surface area (TPSA) is 114 Å². The number of carbonyl (C=O) groups is 2. The highest BCUT2D eigenvalue weighted by Gasteiger charge is 2.28. The van der Waals surface area contributed by atoms with Gasteiger partial charge in [-0.05, 0) is 57.2 Å². The van der Waals surface area contributed by atoms with Crippen molar-refractivity contribution in [2.45, 2.75) is 57.3 Å². The van der Waals surface area contributed by atoms with Gasteiger partial charge in [0.25, 0.3) is 0 Å². The number of amides is 1. The van der Waals surface area contributed by atoms with Crippen molar-refractivity contribution in [3.8, 4) is 28.6 Å². The highest BCUT2D eigenvalue weighted by atomic mass is 32.2. The van der Waals surface area contributed by atoms with E-state index in [2.05, 4.69) is 22.1 Å². The Hall–Kier alpha value is -3.51. The van der Waals surface area contributed by atoms with Crippen molar-refractivity contribution in [2.75, 3.05) is 32.4 Å². The summed E-state index contributed by atoms with van der Waals surface area (Å²) in [7, 11) is 4.64. The van der Waals surface area contributed by atoms with Gasteiger partial charge in [-0.1, -0.05) is 17.8 Å². The zero-order chi connectivity index (χ0) is 28.8. The molecule has 1 N–H and O–H groups in total. The lowest BCUT2D eigenvalue weighted by atomic mass is 9.95. The van der Waals surface area contributed by atoms with Crippen LogP contribution in [0.4, 0.5) is 5.00 Å². The predicted molar refractivity (Wildman–Crippen MR) is 156 cm³/mol. The molecule has 0 saturated heterocycles. The molecule has 0 unspecified atom stereocenters. The van der Waals surface area contributed by atoms with Gasteiger partial charge in [0.05, 0.1) is 38.7 Å². The smallest absolute Gasteiger partial charge is 0.341 e. The molecule has 10 nitrogen and oxygen atoms in total. The number of aryl methyl sites for hydroxylation is 1. The Balaban J connectivity index is 1.55. The number of benzene rings is 1. The van der Waals surface area contributed by atoms with E-state index in [4.69, 9.17) is 18.9 Å². The van der Waals surface area contributed by atoms with Gasteiger partial charge in [0.1, 0.15) is 5.00 Å². The van der Waals surface area contributed by atoms with Crippen molar-refractivity contribution in [1.29, 1.82) is 0 Å². The molecule has 2 aromatic heterocycles. The summed E-state index contributed by atoms with van der Waals surface area (Å²) in [5, 5.41) is 12.8. The Kier molecular flexibility index (Phi) is 9.75. The molecule has 0 bridgehead atoms. The molecule has 0 aliphatic heterocycles. The van der Waals surface area contributed by atoms with Gasteiger partial charge in [0, 0.05) is 17.0 Å². The number of methoxy groups -OCH3 is 3. The van der Waals surface area contributed by atoms with Crippen molar-refractivity contribution >= 4 is 40.0 Å². The SMILES string of the molecule is C=CCn1c(SCC(=O)Nc2sc3c(c2C(=O)OC(C)C)CCCC3)nnc1-c1cc(OC)c(OC)c(OC)c1. The van der Waals surface area contributed by atoms with Gasteiger partial charge in [-0.25, -0.2) is 4.79 Å². The number of carbonyl (C=O) groups excluding carboxylic acids is 2. The second kappa shape index (κ2) is 13.2. The van der Waals surface area contributed by atoms with Crippen molar-refractivity contribution in [2.24, 2.45) is 0 Å². The first-order valence-electron chi connectivity index (χ1n) is 12.9. The molecule has 0 radical (unpaired) electrons. The van der Waals surface area contributed by atoms with Crippen LogP contribution in [0.1, 0.15) is 47.5 Å². The molecule has 0 fully saturated rings. The number of rotatable bonds is 12. The zero-order valence-electron chi connectivity index (χ0n) is 23.4. The number of esters is 1. The van der Waals surface area contributed by atoms with E-state index in [0.29, 0.717) is 50.9 Å². The molecule has 40 heavy (non-hydrogen) atoms. The van der Waals surface area contributed by atoms with Gasteiger partial charge in [0.2, 0.25) is 11.7 Å². The number of thioether (sulfide) groups is 1. The lowest BCUT2D eigenvalue weighted by molar-refractivity contribution is -0.113. The molecule has 1 aliphatic rings. The van der Waals surface area contributed by atoms with Gasteiger partial charge in [0.15, 0.2) is 22.5 Å². The van der Waals surface area contributed by atoms with Gasteiger partial charge >= 0.3 is 5.97 Å². The van der Waals surface area contributed by atoms with Gasteiger partial charge in [-0.3, -0.25) is 9.36 Å². The Morgan fingerprint density at radius 2 is 1.82 bits per heavy atom. The number of fused-ring (bicyclic) bond motifs is 1. The molecule has 3 aromatic rings. The maximum atomic E-state index is 13.1. The van der Waals surface area contributed by atoms with Crippen LogP contribution in [-0.4, -0.2) is 59.8 Å². The summed E-state index contributed by atoms with van der Waals surface area (Å²) in [6.07, 6.45) is 5.29. The molecule has 12 heteroatoms. The Morgan fingerprint density at radius 3 is 2.45 bits per heavy atom. The number of hydrogen-bond acceptors (Lipinski definition) is 10. The molecular formula is C28H34N4O6S2. The van der Waals surface area contributed by atoms with Gasteiger partial charge < -0.3 is 24.3 Å². The van der Waals surface area contributed by atoms with Crippen molar-refractivity contribution in [3.63, 3.8) is 0 Å². The summed E-state index contributed by atoms with van der Waals surface area (Å²) in [4.78, 5) is 27.1. The molecule has 4 rings (SSSR count). The highest BCUT2D eigenvalue weighted by molar-refractivity contribution is 7.99. The highest BCUT2D eigenvalue weighted by Crippen LogP contribution is 2.42. The van der Waals surface area contributed by atoms with Crippen LogP contribution in [0.3, 0.4) is 0 Å². The molecule has 1 amide bonds. The minimum atomic E-state index is -0.391. The van der Waals surface area contributed by atoms with E-state index in [1.165, 1.54) is 23.1 Å². The van der Waals surface area contributed by atoms with E-state index >= 15 is 0 Å². The largest absolute Gasteiger partial charge is 0.493 e. The number of thiophene rings is 1. The third-order valence-corrected chi connectivity index (χ3v) is 8.43. The first-order chi connectivity index (χ1) is 19.3. The second-order valence-electron chi connectivity index (χ2n) is 9.33. The second-order valence-corrected chi connectivity index (χ2v) is 11.4. The molecule has 214 valence electrons. The van der Waals surface area contributed by atoms with Gasteiger partial charge in [-0.15, -0.1) is 28.1 Å². The van der Waals surface area contributed by atoms with Crippen LogP contribution in [0.5, 0.6) is 17.2 Å². The molecule has 0 spiro atoms. The summed E-state index contributed by atoms with van der Waals surface area (Å²) in [6.45, 7) is 7.92. The van der Waals surface area contributed by atoms with E-state index in [9.17, 15) is 9.59 Å². The predicted octanol–water partition coefficient (Wildman–Crippen LogP) is 5.39. The third kappa shape index (κ3) is 6.28. The number of nitrogens with one attached hydrogen (secondary N) is 1. The standard InChI is InChI=1S/C28H34N4O6S2/c1-7-12-32-25(17-13-19(35-4)24(37-6)20(14-17)36-5)30-31-28(32)39-15-22(33)29-26-23(27(34)38-16(2)3)18-10-8-9-11-21(18)40-26/h7,13-14,16H,1,8-12,15H2,2-6H3,(H,29,33). The van der Waals surface area contributed by atoms with Crippen LogP contribution in [0.25, 0.3) is 11.4 Å². The Morgan fingerprint density at radius 1 is 1.12 bits per heavy atom. The van der Waals surface area contributed by atoms with Crippen molar-refractivity contribution < 1.29 is 28.5 Å². The maximum absolute atomic E-state index is 13.1. The zero-order valence-corrected chi connectivity index (χ0v) is 25.0. The normalized spacial score (nSPS) is 12.6. The quantitative estimate of drug-likeness (QED) is 0.169. The average Bonchev–Trinajstić information content (AvgIpc) is 3.51. The van der Waals surface area contributed by atoms with Crippen LogP contribution in [0.2, 0.25) is 0 Å². The molecular weight excluding hydrogens is 552 g/mol. The first kappa shape index (κ1) is 29.5. The van der Waals surface area contributed by atoms with Crippen molar-refractivity contribution in [1.82, 2.24) is 14.8 Å². The minimum Gasteiger partial charge on any atom is -0.493 e. The van der Waals surface area contributed by atoms with Crippen LogP contribution in [0.15, 0.2) is 29.9 Å². The summed E-state index contributed by atoms with van der Waals surface area (Å²) < 4.78 is 23.8. The number of ether oxygens (including phenoxy) is 4. The molecule has 1 aromatic carbocycles. The van der Waals surface area contributed by atoms with Crippen molar-refractivity contribution in [3.05, 3.63) is 40.8 Å². The van der Waals surface area contributed by atoms with E-state index < -0.39 is 5.97 Å². The summed E-state index contributed by atoms with van der Waals surface area (Å²) in [5.74, 6) is 1.45. The van der Waals surface area contributed by atoms with E-state index in [-0.39, 0.29) is 17.8 Å².